The second-order valence-electron chi connectivity index (χ2n) is 12.1. The zero-order valence-electron chi connectivity index (χ0n) is 26.5. The van der Waals surface area contributed by atoms with E-state index in [4.69, 9.17) is 19.4 Å². The molecule has 0 bridgehead atoms. The fraction of sp³-hybridized carbons (Fsp3) is 0. The van der Waals surface area contributed by atoms with E-state index in [9.17, 15) is 0 Å². The van der Waals surface area contributed by atoms with Crippen molar-refractivity contribution in [2.24, 2.45) is 0 Å². The minimum absolute atomic E-state index is 0.555. The van der Waals surface area contributed by atoms with Gasteiger partial charge in [-0.05, 0) is 63.7 Å². The van der Waals surface area contributed by atoms with Crippen LogP contribution in [0.5, 0.6) is 0 Å². The summed E-state index contributed by atoms with van der Waals surface area (Å²) in [6.45, 7) is 0. The number of hydrogen-bond acceptors (Lipinski definition) is 4. The van der Waals surface area contributed by atoms with Crippen LogP contribution in [0.1, 0.15) is 0 Å². The van der Waals surface area contributed by atoms with Gasteiger partial charge in [-0.15, -0.1) is 0 Å². The number of hydrogen-bond donors (Lipinski definition) is 0. The summed E-state index contributed by atoms with van der Waals surface area (Å²) in [6.07, 6.45) is 0. The molecule has 0 aliphatic heterocycles. The van der Waals surface area contributed by atoms with Crippen LogP contribution in [0, 0.1) is 0 Å². The van der Waals surface area contributed by atoms with Gasteiger partial charge in [-0.2, -0.15) is 0 Å². The summed E-state index contributed by atoms with van der Waals surface area (Å²) in [5.41, 5.74) is 10.9. The second-order valence-corrected chi connectivity index (χ2v) is 12.1. The highest BCUT2D eigenvalue weighted by Gasteiger charge is 2.20. The molecular formula is C45H29N3O. The molecule has 0 fully saturated rings. The predicted octanol–water partition coefficient (Wildman–Crippen LogP) is 11.8. The molecular weight excluding hydrogens is 599 g/mol. The zero-order valence-corrected chi connectivity index (χ0v) is 26.5. The highest BCUT2D eigenvalue weighted by atomic mass is 16.3. The number of furan rings is 1. The van der Waals surface area contributed by atoms with Crippen molar-refractivity contribution in [3.63, 3.8) is 0 Å². The molecule has 0 N–H and O–H groups in total. The number of benzene rings is 7. The molecule has 0 radical (unpaired) electrons. The van der Waals surface area contributed by atoms with E-state index in [1.807, 2.05) is 60.7 Å². The van der Waals surface area contributed by atoms with Crippen molar-refractivity contribution < 1.29 is 4.42 Å². The van der Waals surface area contributed by atoms with Gasteiger partial charge in [0.05, 0.1) is 5.56 Å². The SMILES string of the molecule is c1ccc(-c2cccc(-c3cc(-c4nc(-c5ccccc5)nc(-c5cccc(-c6ccccc6)c5)n4)c4oc5ccccc5c4c3)c2)cc1. The van der Waals surface area contributed by atoms with Gasteiger partial charge < -0.3 is 4.42 Å². The number of rotatable bonds is 6. The normalized spacial score (nSPS) is 11.3. The maximum Gasteiger partial charge on any atom is 0.167 e. The zero-order chi connectivity index (χ0) is 32.6. The van der Waals surface area contributed by atoms with Crippen molar-refractivity contribution in [1.29, 1.82) is 0 Å². The number of aromatic nitrogens is 3. The minimum Gasteiger partial charge on any atom is -0.455 e. The van der Waals surface area contributed by atoms with E-state index in [0.717, 1.165) is 66.4 Å². The lowest BCUT2D eigenvalue weighted by Gasteiger charge is -2.12. The van der Waals surface area contributed by atoms with Crippen molar-refractivity contribution in [2.75, 3.05) is 0 Å². The summed E-state index contributed by atoms with van der Waals surface area (Å²) in [7, 11) is 0. The van der Waals surface area contributed by atoms with Crippen LogP contribution < -0.4 is 0 Å². The Morgan fingerprint density at radius 2 is 0.776 bits per heavy atom. The Balaban J connectivity index is 1.28. The van der Waals surface area contributed by atoms with Crippen molar-refractivity contribution in [1.82, 2.24) is 15.0 Å². The maximum atomic E-state index is 6.59. The Kier molecular flexibility index (Phi) is 7.10. The molecule has 2 aromatic heterocycles. The van der Waals surface area contributed by atoms with Crippen LogP contribution in [0.4, 0.5) is 0 Å². The van der Waals surface area contributed by atoms with Gasteiger partial charge in [-0.3, -0.25) is 0 Å². The summed E-state index contributed by atoms with van der Waals surface area (Å²) in [5.74, 6) is 1.76. The molecule has 0 spiro atoms. The number of nitrogens with zero attached hydrogens (tertiary/aromatic N) is 3. The van der Waals surface area contributed by atoms with Crippen LogP contribution in [0.15, 0.2) is 180 Å². The lowest BCUT2D eigenvalue weighted by atomic mass is 9.96. The monoisotopic (exact) mass is 627 g/mol. The molecule has 4 heteroatoms. The molecule has 0 saturated carbocycles. The first-order valence-corrected chi connectivity index (χ1v) is 16.4. The van der Waals surface area contributed by atoms with Gasteiger partial charge in [0.15, 0.2) is 17.5 Å². The molecule has 0 atom stereocenters. The van der Waals surface area contributed by atoms with Crippen molar-refractivity contribution >= 4 is 21.9 Å². The summed E-state index contributed by atoms with van der Waals surface area (Å²) < 4.78 is 6.59. The average Bonchev–Trinajstić information content (AvgIpc) is 3.57. The third kappa shape index (κ3) is 5.45. The highest BCUT2D eigenvalue weighted by molar-refractivity contribution is 6.11. The van der Waals surface area contributed by atoms with Crippen LogP contribution in [0.25, 0.3) is 89.5 Å². The van der Waals surface area contributed by atoms with E-state index in [1.165, 1.54) is 5.56 Å². The second kappa shape index (κ2) is 12.2. The van der Waals surface area contributed by atoms with E-state index in [-0.39, 0.29) is 0 Å². The van der Waals surface area contributed by atoms with Gasteiger partial charge in [-0.1, -0.05) is 146 Å². The third-order valence-electron chi connectivity index (χ3n) is 8.92. The van der Waals surface area contributed by atoms with Crippen LogP contribution in [-0.2, 0) is 0 Å². The Morgan fingerprint density at radius 1 is 0.306 bits per heavy atom. The van der Waals surface area contributed by atoms with E-state index >= 15 is 0 Å². The Morgan fingerprint density at radius 3 is 1.43 bits per heavy atom. The third-order valence-corrected chi connectivity index (χ3v) is 8.92. The Hall–Kier alpha value is -6.65. The molecule has 0 aliphatic rings. The van der Waals surface area contributed by atoms with E-state index in [1.54, 1.807) is 0 Å². The average molecular weight is 628 g/mol. The Labute approximate surface area is 284 Å². The smallest absolute Gasteiger partial charge is 0.167 e. The topological polar surface area (TPSA) is 51.8 Å². The van der Waals surface area contributed by atoms with Crippen LogP contribution in [0.2, 0.25) is 0 Å². The summed E-state index contributed by atoms with van der Waals surface area (Å²) in [6, 6.07) is 60.5. The first-order valence-electron chi connectivity index (χ1n) is 16.4. The number of fused-ring (bicyclic) bond motifs is 3. The van der Waals surface area contributed by atoms with Gasteiger partial charge in [0.2, 0.25) is 0 Å². The molecule has 49 heavy (non-hydrogen) atoms. The van der Waals surface area contributed by atoms with Gasteiger partial charge in [0, 0.05) is 21.9 Å². The van der Waals surface area contributed by atoms with Crippen molar-refractivity contribution in [3.05, 3.63) is 176 Å². The predicted molar refractivity (Wildman–Crippen MR) is 200 cm³/mol. The minimum atomic E-state index is 0.555. The maximum absolute atomic E-state index is 6.59. The van der Waals surface area contributed by atoms with Crippen LogP contribution in [0.3, 0.4) is 0 Å². The van der Waals surface area contributed by atoms with E-state index in [0.29, 0.717) is 17.5 Å². The lowest BCUT2D eigenvalue weighted by Crippen LogP contribution is -2.00. The van der Waals surface area contributed by atoms with E-state index in [2.05, 4.69) is 115 Å². The van der Waals surface area contributed by atoms with E-state index < -0.39 is 0 Å². The highest BCUT2D eigenvalue weighted by Crippen LogP contribution is 2.40. The standard InChI is InChI=1S/C45H29N3O/c1-4-14-30(15-5-1)33-20-12-22-35(26-33)37-28-39-38-24-10-11-25-41(38)49-42(39)40(29-37)45-47-43(32-18-8-3-9-19-32)46-44(48-45)36-23-13-21-34(27-36)31-16-6-2-7-17-31/h1-29H. The van der Waals surface area contributed by atoms with Crippen molar-refractivity contribution in [2.45, 2.75) is 0 Å². The molecule has 0 aliphatic carbocycles. The molecule has 0 amide bonds. The summed E-state index contributed by atoms with van der Waals surface area (Å²) in [4.78, 5) is 15.3. The largest absolute Gasteiger partial charge is 0.455 e. The van der Waals surface area contributed by atoms with Gasteiger partial charge in [0.25, 0.3) is 0 Å². The summed E-state index contributed by atoms with van der Waals surface area (Å²) >= 11 is 0. The molecule has 0 saturated heterocycles. The number of para-hydroxylation sites is 1. The Bertz CT molecular complexity index is 2590. The van der Waals surface area contributed by atoms with Gasteiger partial charge >= 0.3 is 0 Å². The molecule has 7 aromatic carbocycles. The van der Waals surface area contributed by atoms with Crippen LogP contribution >= 0.6 is 0 Å². The molecule has 9 aromatic rings. The van der Waals surface area contributed by atoms with Gasteiger partial charge in [0.1, 0.15) is 11.2 Å². The first-order chi connectivity index (χ1) is 24.3. The van der Waals surface area contributed by atoms with Crippen molar-refractivity contribution in [3.8, 4) is 67.5 Å². The molecule has 230 valence electrons. The van der Waals surface area contributed by atoms with Crippen LogP contribution in [-0.4, -0.2) is 15.0 Å². The quantitative estimate of drug-likeness (QED) is 0.184. The molecule has 9 rings (SSSR count). The fourth-order valence-electron chi connectivity index (χ4n) is 6.48. The molecule has 0 unspecified atom stereocenters. The van der Waals surface area contributed by atoms with Gasteiger partial charge in [-0.25, -0.2) is 15.0 Å². The first kappa shape index (κ1) is 28.6. The lowest BCUT2D eigenvalue weighted by molar-refractivity contribution is 0.669. The molecule has 4 nitrogen and oxygen atoms in total. The fourth-order valence-corrected chi connectivity index (χ4v) is 6.48. The molecule has 2 heterocycles. The summed E-state index contributed by atoms with van der Waals surface area (Å²) in [5, 5.41) is 2.07.